The van der Waals surface area contributed by atoms with Gasteiger partial charge in [-0.05, 0) is 42.5 Å². The number of rotatable bonds is 5. The number of allylic oxidation sites excluding steroid dienone is 3. The largest absolute Gasteiger partial charge is 0.478 e. The van der Waals surface area contributed by atoms with E-state index in [9.17, 15) is 23.1 Å². The molecule has 4 rings (SSSR count). The maximum Gasteiger partial charge on any atom is 0.334 e. The van der Waals surface area contributed by atoms with Gasteiger partial charge in [0.25, 0.3) is 0 Å². The molecule has 7 nitrogen and oxygen atoms in total. The van der Waals surface area contributed by atoms with Crippen molar-refractivity contribution in [1.29, 1.82) is 0 Å². The van der Waals surface area contributed by atoms with Crippen molar-refractivity contribution in [3.63, 3.8) is 0 Å². The van der Waals surface area contributed by atoms with Crippen LogP contribution in [0.3, 0.4) is 0 Å². The molecule has 0 amide bonds. The molecule has 166 valence electrons. The summed E-state index contributed by atoms with van der Waals surface area (Å²) in [7, 11) is -3.51. The predicted octanol–water partition coefficient (Wildman–Crippen LogP) is 3.50. The number of benzene rings is 2. The zero-order valence-corrected chi connectivity index (χ0v) is 18.6. The molecule has 0 saturated heterocycles. The molecule has 1 heterocycles. The second-order valence-corrected chi connectivity index (χ2v) is 9.98. The average molecular weight is 453 g/mol. The Morgan fingerprint density at radius 3 is 2.41 bits per heavy atom. The number of hydrogen-bond acceptors (Lipinski definition) is 5. The van der Waals surface area contributed by atoms with E-state index in [1.165, 1.54) is 0 Å². The molecule has 2 aromatic carbocycles. The Morgan fingerprint density at radius 2 is 1.75 bits per heavy atom. The van der Waals surface area contributed by atoms with E-state index in [1.807, 2.05) is 30.3 Å². The number of hydrogen-bond donors (Lipinski definition) is 3. The standard InChI is InChI=1S/C24H24N2O5S/c1-14-21(24(28)29)22(16-9-6-10-18(11-16)26-32(2,30)31)23-19(25-14)12-17(13-20(23)27)15-7-4-3-5-8-15/h3-11,17,22,25-26H,12-13H2,1-2H3,(H,28,29). The Morgan fingerprint density at radius 1 is 1.06 bits per heavy atom. The smallest absolute Gasteiger partial charge is 0.334 e. The highest BCUT2D eigenvalue weighted by atomic mass is 32.2. The zero-order valence-electron chi connectivity index (χ0n) is 17.8. The number of nitrogens with one attached hydrogen (secondary N) is 2. The van der Waals surface area contributed by atoms with E-state index < -0.39 is 21.9 Å². The molecule has 0 aromatic heterocycles. The summed E-state index contributed by atoms with van der Waals surface area (Å²) < 4.78 is 25.8. The van der Waals surface area contributed by atoms with E-state index >= 15 is 0 Å². The molecule has 0 saturated carbocycles. The van der Waals surface area contributed by atoms with Gasteiger partial charge < -0.3 is 10.4 Å². The maximum atomic E-state index is 13.4. The van der Waals surface area contributed by atoms with Crippen LogP contribution in [-0.4, -0.2) is 31.5 Å². The first-order chi connectivity index (χ1) is 15.1. The minimum Gasteiger partial charge on any atom is -0.478 e. The van der Waals surface area contributed by atoms with Crippen LogP contribution in [0.5, 0.6) is 0 Å². The zero-order chi connectivity index (χ0) is 23.0. The van der Waals surface area contributed by atoms with E-state index in [1.54, 1.807) is 31.2 Å². The monoisotopic (exact) mass is 452 g/mol. The molecule has 3 N–H and O–H groups in total. The van der Waals surface area contributed by atoms with Gasteiger partial charge in [0.2, 0.25) is 10.0 Å². The minimum atomic E-state index is -3.51. The van der Waals surface area contributed by atoms with E-state index in [-0.39, 0.29) is 23.7 Å². The number of carbonyl (C=O) groups is 2. The summed E-state index contributed by atoms with van der Waals surface area (Å²) in [6, 6.07) is 16.4. The van der Waals surface area contributed by atoms with Crippen LogP contribution >= 0.6 is 0 Å². The second kappa shape index (κ2) is 8.27. The lowest BCUT2D eigenvalue weighted by Crippen LogP contribution is -2.35. The van der Waals surface area contributed by atoms with Crippen LogP contribution in [0.4, 0.5) is 5.69 Å². The summed E-state index contributed by atoms with van der Waals surface area (Å²) in [5.74, 6) is -2.00. The van der Waals surface area contributed by atoms with Gasteiger partial charge in [0.1, 0.15) is 0 Å². The lowest BCUT2D eigenvalue weighted by Gasteiger charge is -2.36. The van der Waals surface area contributed by atoms with Gasteiger partial charge in [0.15, 0.2) is 5.78 Å². The van der Waals surface area contributed by atoms with Crippen LogP contribution < -0.4 is 10.0 Å². The van der Waals surface area contributed by atoms with Crippen molar-refractivity contribution in [2.24, 2.45) is 0 Å². The third-order valence-corrected chi connectivity index (χ3v) is 6.46. The molecule has 0 spiro atoms. The number of ketones is 1. The highest BCUT2D eigenvalue weighted by Gasteiger charge is 2.41. The molecule has 32 heavy (non-hydrogen) atoms. The maximum absolute atomic E-state index is 13.4. The minimum absolute atomic E-state index is 0.00742. The molecular weight excluding hydrogens is 428 g/mol. The number of aliphatic carboxylic acids is 1. The summed E-state index contributed by atoms with van der Waals surface area (Å²) in [6.07, 6.45) is 1.92. The molecule has 0 radical (unpaired) electrons. The fourth-order valence-electron chi connectivity index (χ4n) is 4.61. The Kier molecular flexibility index (Phi) is 5.64. The topological polar surface area (TPSA) is 113 Å². The molecule has 2 aliphatic rings. The number of Topliss-reactive ketones (excluding diaryl/α,β-unsaturated/α-hetero) is 1. The van der Waals surface area contributed by atoms with Crippen LogP contribution in [0, 0.1) is 0 Å². The van der Waals surface area contributed by atoms with Gasteiger partial charge in [0.05, 0.1) is 11.8 Å². The van der Waals surface area contributed by atoms with Crippen LogP contribution in [0.1, 0.15) is 42.7 Å². The first-order valence-corrected chi connectivity index (χ1v) is 12.1. The van der Waals surface area contributed by atoms with Crippen LogP contribution in [0.15, 0.2) is 77.1 Å². The number of carboxylic acids is 1. The highest BCUT2D eigenvalue weighted by Crippen LogP contribution is 2.45. The first kappa shape index (κ1) is 21.8. The van der Waals surface area contributed by atoms with Gasteiger partial charge in [-0.25, -0.2) is 13.2 Å². The van der Waals surface area contributed by atoms with Gasteiger partial charge >= 0.3 is 5.97 Å². The molecule has 1 aliphatic carbocycles. The average Bonchev–Trinajstić information content (AvgIpc) is 2.72. The Labute approximate surface area is 186 Å². The number of anilines is 1. The molecule has 2 atom stereocenters. The number of dihydropyridines is 1. The van der Waals surface area contributed by atoms with Crippen molar-refractivity contribution < 1.29 is 23.1 Å². The second-order valence-electron chi connectivity index (χ2n) is 8.23. The van der Waals surface area contributed by atoms with Crippen molar-refractivity contribution in [2.45, 2.75) is 31.6 Å². The normalized spacial score (nSPS) is 21.1. The molecule has 1 aliphatic heterocycles. The first-order valence-electron chi connectivity index (χ1n) is 10.2. The third kappa shape index (κ3) is 4.31. The van der Waals surface area contributed by atoms with E-state index in [2.05, 4.69) is 10.0 Å². The SMILES string of the molecule is CC1=C(C(=O)O)C(c2cccc(NS(C)(=O)=O)c2)C2=C(CC(c3ccccc3)CC2=O)N1. The summed E-state index contributed by atoms with van der Waals surface area (Å²) >= 11 is 0. The Balaban J connectivity index is 1.81. The molecule has 0 fully saturated rings. The molecular formula is C24H24N2O5S. The Hall–Kier alpha value is -3.39. The quantitative estimate of drug-likeness (QED) is 0.640. The van der Waals surface area contributed by atoms with E-state index in [0.29, 0.717) is 28.9 Å². The number of sulfonamides is 1. The molecule has 2 aromatic rings. The predicted molar refractivity (Wildman–Crippen MR) is 122 cm³/mol. The van der Waals surface area contributed by atoms with Crippen molar-refractivity contribution in [3.8, 4) is 0 Å². The van der Waals surface area contributed by atoms with E-state index in [4.69, 9.17) is 0 Å². The summed E-state index contributed by atoms with van der Waals surface area (Å²) in [5, 5.41) is 13.1. The van der Waals surface area contributed by atoms with Crippen LogP contribution in [-0.2, 0) is 19.6 Å². The van der Waals surface area contributed by atoms with Gasteiger partial charge in [-0.1, -0.05) is 42.5 Å². The van der Waals surface area contributed by atoms with Crippen molar-refractivity contribution in [2.75, 3.05) is 11.0 Å². The lowest BCUT2D eigenvalue weighted by molar-refractivity contribution is -0.133. The van der Waals surface area contributed by atoms with Gasteiger partial charge in [-0.15, -0.1) is 0 Å². The number of carbonyl (C=O) groups excluding carboxylic acids is 1. The number of carboxylic acid groups (broad SMARTS) is 1. The van der Waals surface area contributed by atoms with Crippen molar-refractivity contribution in [1.82, 2.24) is 5.32 Å². The fourth-order valence-corrected chi connectivity index (χ4v) is 5.17. The summed E-state index contributed by atoms with van der Waals surface area (Å²) in [5.41, 5.74) is 3.67. The van der Waals surface area contributed by atoms with Gasteiger partial charge in [-0.3, -0.25) is 9.52 Å². The lowest BCUT2D eigenvalue weighted by atomic mass is 9.71. The van der Waals surface area contributed by atoms with Crippen LogP contribution in [0.2, 0.25) is 0 Å². The molecule has 2 unspecified atom stereocenters. The third-order valence-electron chi connectivity index (χ3n) is 5.85. The summed E-state index contributed by atoms with van der Waals surface area (Å²) in [6.45, 7) is 1.69. The molecule has 0 bridgehead atoms. The van der Waals surface area contributed by atoms with Crippen LogP contribution in [0.25, 0.3) is 0 Å². The van der Waals surface area contributed by atoms with Gasteiger partial charge in [-0.2, -0.15) is 0 Å². The van der Waals surface area contributed by atoms with Crippen molar-refractivity contribution >= 4 is 27.5 Å². The van der Waals surface area contributed by atoms with Crippen molar-refractivity contribution in [3.05, 3.63) is 88.3 Å². The Bertz CT molecular complexity index is 1260. The highest BCUT2D eigenvalue weighted by molar-refractivity contribution is 7.92. The van der Waals surface area contributed by atoms with E-state index in [0.717, 1.165) is 17.5 Å². The van der Waals surface area contributed by atoms with Gasteiger partial charge in [0, 0.05) is 35.0 Å². The molecule has 8 heteroatoms. The fraction of sp³-hybridized carbons (Fsp3) is 0.250. The summed E-state index contributed by atoms with van der Waals surface area (Å²) in [4.78, 5) is 25.5.